The van der Waals surface area contributed by atoms with Crippen molar-refractivity contribution in [2.45, 2.75) is 83.1 Å². The van der Waals surface area contributed by atoms with Crippen molar-refractivity contribution in [3.05, 3.63) is 108 Å². The summed E-state index contributed by atoms with van der Waals surface area (Å²) >= 11 is 0. The van der Waals surface area contributed by atoms with Gasteiger partial charge in [-0.15, -0.1) is 0 Å². The fourth-order valence-corrected chi connectivity index (χ4v) is 5.68. The number of amides is 1. The second kappa shape index (κ2) is 13.7. The van der Waals surface area contributed by atoms with Crippen LogP contribution in [-0.4, -0.2) is 45.2 Å². The van der Waals surface area contributed by atoms with Crippen LogP contribution in [0.4, 0.5) is 0 Å². The number of carbonyl (C=O) groups is 1. The van der Waals surface area contributed by atoms with E-state index >= 15 is 0 Å². The van der Waals surface area contributed by atoms with Crippen molar-refractivity contribution in [3.63, 3.8) is 0 Å². The number of hydrogen-bond acceptors (Lipinski definition) is 5. The number of nitrogens with one attached hydrogen (secondary N) is 1. The van der Waals surface area contributed by atoms with Crippen LogP contribution in [0.3, 0.4) is 0 Å². The first kappa shape index (κ1) is 30.2. The van der Waals surface area contributed by atoms with E-state index in [-0.39, 0.29) is 17.6 Å². The van der Waals surface area contributed by atoms with Gasteiger partial charge >= 0.3 is 0 Å². The molecule has 0 spiro atoms. The van der Waals surface area contributed by atoms with Gasteiger partial charge in [0.25, 0.3) is 5.91 Å². The third kappa shape index (κ3) is 8.12. The molecule has 4 rings (SSSR count). The first-order valence-corrected chi connectivity index (χ1v) is 17.0. The zero-order valence-electron chi connectivity index (χ0n) is 24.3. The number of piperidine rings is 1. The molecule has 0 radical (unpaired) electrons. The molecule has 1 fully saturated rings. The molecule has 214 valence electrons. The molecule has 0 bridgehead atoms. The van der Waals surface area contributed by atoms with E-state index in [4.69, 9.17) is 18.6 Å². The lowest BCUT2D eigenvalue weighted by molar-refractivity contribution is -0.178. The van der Waals surface area contributed by atoms with Crippen molar-refractivity contribution in [1.82, 2.24) is 5.32 Å². The van der Waals surface area contributed by atoms with Gasteiger partial charge in [-0.05, 0) is 34.8 Å². The van der Waals surface area contributed by atoms with Crippen molar-refractivity contribution in [1.29, 1.82) is 0 Å². The van der Waals surface area contributed by atoms with Gasteiger partial charge in [0.2, 0.25) is 0 Å². The minimum Gasteiger partial charge on any atom is -0.403 e. The van der Waals surface area contributed by atoms with Crippen LogP contribution in [0.25, 0.3) is 0 Å². The van der Waals surface area contributed by atoms with Gasteiger partial charge in [-0.25, -0.2) is 0 Å². The minimum atomic E-state index is -2.32. The van der Waals surface area contributed by atoms with Gasteiger partial charge in [-0.3, -0.25) is 4.79 Å². The Morgan fingerprint density at radius 3 is 1.62 bits per heavy atom. The van der Waals surface area contributed by atoms with Gasteiger partial charge in [-0.2, -0.15) is 0 Å². The van der Waals surface area contributed by atoms with Crippen LogP contribution < -0.4 is 5.32 Å². The van der Waals surface area contributed by atoms with Crippen molar-refractivity contribution >= 4 is 14.2 Å². The Labute approximate surface area is 240 Å². The highest BCUT2D eigenvalue weighted by Gasteiger charge is 2.50. The predicted octanol–water partition coefficient (Wildman–Crippen LogP) is 6.26. The topological polar surface area (TPSA) is 66.0 Å². The first-order chi connectivity index (χ1) is 19.1. The molecule has 0 unspecified atom stereocenters. The highest BCUT2D eigenvalue weighted by Crippen LogP contribution is 2.39. The summed E-state index contributed by atoms with van der Waals surface area (Å²) in [5.74, 6) is -0.184. The number of carbonyl (C=O) groups excluding carboxylic acids is 1. The van der Waals surface area contributed by atoms with Crippen LogP contribution in [0.1, 0.15) is 37.5 Å². The van der Waals surface area contributed by atoms with Crippen LogP contribution in [0.15, 0.2) is 91.0 Å². The van der Waals surface area contributed by atoms with E-state index < -0.39 is 32.7 Å². The van der Waals surface area contributed by atoms with Gasteiger partial charge in [0.05, 0.1) is 32.5 Å². The molecule has 3 aromatic carbocycles. The van der Waals surface area contributed by atoms with Crippen LogP contribution in [0, 0.1) is 0 Å². The SMILES string of the molecule is CC(C)(C)[Si](C)(C)O[C@@H]1C(=O)N[C@H](COCc2ccccc2)[C@@H](OCc2ccccc2)[C@@H]1OCc1ccccc1. The molecule has 1 saturated heterocycles. The molecule has 6 nitrogen and oxygen atoms in total. The van der Waals surface area contributed by atoms with Gasteiger partial charge in [0.1, 0.15) is 12.2 Å². The van der Waals surface area contributed by atoms with Crippen LogP contribution in [-0.2, 0) is 43.3 Å². The lowest BCUT2D eigenvalue weighted by atomic mass is 9.95. The zero-order valence-corrected chi connectivity index (χ0v) is 25.3. The molecule has 1 N–H and O–H groups in total. The maximum Gasteiger partial charge on any atom is 0.251 e. The molecule has 7 heteroatoms. The molecule has 0 saturated carbocycles. The average Bonchev–Trinajstić information content (AvgIpc) is 2.94. The molecule has 1 amide bonds. The molecular formula is C33H43NO5Si. The van der Waals surface area contributed by atoms with E-state index in [2.05, 4.69) is 39.2 Å². The fraction of sp³-hybridized carbons (Fsp3) is 0.424. The highest BCUT2D eigenvalue weighted by atomic mass is 28.4. The van der Waals surface area contributed by atoms with Crippen LogP contribution in [0.5, 0.6) is 0 Å². The smallest absolute Gasteiger partial charge is 0.251 e. The molecule has 1 aliphatic heterocycles. The van der Waals surface area contributed by atoms with E-state index in [0.29, 0.717) is 19.8 Å². The van der Waals surface area contributed by atoms with Gasteiger partial charge in [0.15, 0.2) is 14.4 Å². The number of hydrogen-bond donors (Lipinski definition) is 1. The fourth-order valence-electron chi connectivity index (χ4n) is 4.45. The Hall–Kier alpha value is -2.81. The van der Waals surface area contributed by atoms with Crippen LogP contribution in [0.2, 0.25) is 18.1 Å². The molecule has 0 aliphatic carbocycles. The molecule has 4 atom stereocenters. The quantitative estimate of drug-likeness (QED) is 0.264. The lowest BCUT2D eigenvalue weighted by Gasteiger charge is -2.46. The van der Waals surface area contributed by atoms with Crippen molar-refractivity contribution in [2.24, 2.45) is 0 Å². The lowest BCUT2D eigenvalue weighted by Crippen LogP contribution is -2.67. The maximum atomic E-state index is 13.7. The largest absolute Gasteiger partial charge is 0.403 e. The van der Waals surface area contributed by atoms with E-state index in [1.807, 2.05) is 91.0 Å². The Morgan fingerprint density at radius 1 is 0.700 bits per heavy atom. The van der Waals surface area contributed by atoms with Gasteiger partial charge < -0.3 is 24.0 Å². The summed E-state index contributed by atoms with van der Waals surface area (Å²) in [5.41, 5.74) is 3.15. The minimum absolute atomic E-state index is 0.0761. The molecule has 3 aromatic rings. The second-order valence-electron chi connectivity index (χ2n) is 11.9. The highest BCUT2D eigenvalue weighted by molar-refractivity contribution is 6.74. The third-order valence-corrected chi connectivity index (χ3v) is 12.3. The van der Waals surface area contributed by atoms with E-state index in [9.17, 15) is 4.79 Å². The van der Waals surface area contributed by atoms with Gasteiger partial charge in [0, 0.05) is 0 Å². The molecule has 1 heterocycles. The normalized spacial score (nSPS) is 21.7. The zero-order chi connectivity index (χ0) is 28.6. The van der Waals surface area contributed by atoms with E-state index in [1.165, 1.54) is 0 Å². The van der Waals surface area contributed by atoms with Crippen molar-refractivity contribution in [2.75, 3.05) is 6.61 Å². The number of benzene rings is 3. The molecule has 1 aliphatic rings. The number of rotatable bonds is 12. The summed E-state index contributed by atoms with van der Waals surface area (Å²) in [6.45, 7) is 12.3. The van der Waals surface area contributed by atoms with Crippen molar-refractivity contribution in [3.8, 4) is 0 Å². The Morgan fingerprint density at radius 2 is 1.15 bits per heavy atom. The average molecular weight is 562 g/mol. The van der Waals surface area contributed by atoms with Gasteiger partial charge in [-0.1, -0.05) is 112 Å². The molecule has 0 aromatic heterocycles. The molecular weight excluding hydrogens is 518 g/mol. The maximum absolute atomic E-state index is 13.7. The number of ether oxygens (including phenoxy) is 3. The standard InChI is InChI=1S/C33H43NO5Si/c1-33(2,3)40(4,5)39-31-30(38-23-27-19-13-8-14-20-27)29(37-22-26-17-11-7-12-18-26)28(34-32(31)35)24-36-21-25-15-9-6-10-16-25/h6-20,28-31H,21-24H2,1-5H3,(H,34,35)/t28-,29-,30+,31+/m1/s1. The Kier molecular flexibility index (Phi) is 10.3. The molecule has 40 heavy (non-hydrogen) atoms. The summed E-state index contributed by atoms with van der Waals surface area (Å²) in [5, 5.41) is 3.09. The predicted molar refractivity (Wildman–Crippen MR) is 160 cm³/mol. The second-order valence-corrected chi connectivity index (χ2v) is 16.7. The van der Waals surface area contributed by atoms with E-state index in [1.54, 1.807) is 0 Å². The summed E-state index contributed by atoms with van der Waals surface area (Å²) in [4.78, 5) is 13.7. The third-order valence-electron chi connectivity index (χ3n) is 7.81. The summed E-state index contributed by atoms with van der Waals surface area (Å²) in [7, 11) is -2.32. The van der Waals surface area contributed by atoms with Crippen LogP contribution >= 0.6 is 0 Å². The van der Waals surface area contributed by atoms with Crippen molar-refractivity contribution < 1.29 is 23.4 Å². The van der Waals surface area contributed by atoms with E-state index in [0.717, 1.165) is 16.7 Å². The Balaban J connectivity index is 1.60. The summed E-state index contributed by atoms with van der Waals surface area (Å²) in [6, 6.07) is 29.6. The summed E-state index contributed by atoms with van der Waals surface area (Å²) < 4.78 is 26.0. The monoisotopic (exact) mass is 561 g/mol. The summed E-state index contributed by atoms with van der Waals surface area (Å²) in [6.07, 6.45) is -1.89. The first-order valence-electron chi connectivity index (χ1n) is 14.0. The Bertz CT molecular complexity index is 1180.